The van der Waals surface area contributed by atoms with Crippen LogP contribution >= 0.6 is 0 Å². The van der Waals surface area contributed by atoms with Crippen LogP contribution in [0.5, 0.6) is 0 Å². The fraction of sp³-hybridized carbons (Fsp3) is 0.778. The summed E-state index contributed by atoms with van der Waals surface area (Å²) in [5.74, 6) is 0.991. The molecule has 0 aromatic heterocycles. The summed E-state index contributed by atoms with van der Waals surface area (Å²) in [4.78, 5) is 25.5. The zero-order chi connectivity index (χ0) is 40.2. The topological polar surface area (TPSA) is 71.1 Å². The van der Waals surface area contributed by atoms with Crippen molar-refractivity contribution in [1.82, 2.24) is 0 Å². The van der Waals surface area contributed by atoms with Gasteiger partial charge in [0, 0.05) is 6.42 Å². The van der Waals surface area contributed by atoms with Gasteiger partial charge in [0.15, 0.2) is 28.0 Å². The molecule has 53 heavy (non-hydrogen) atoms. The summed E-state index contributed by atoms with van der Waals surface area (Å²) in [6.07, 6.45) is 18.2. The van der Waals surface area contributed by atoms with Crippen molar-refractivity contribution >= 4 is 28.6 Å². The van der Waals surface area contributed by atoms with E-state index in [1.165, 1.54) is 18.4 Å². The maximum Gasteiger partial charge on any atom is 0.509 e. The highest BCUT2D eigenvalue weighted by atomic mass is 28.4. The Labute approximate surface area is 327 Å². The van der Waals surface area contributed by atoms with Gasteiger partial charge in [-0.15, -0.1) is 0 Å². The lowest BCUT2D eigenvalue weighted by atomic mass is 9.61. The molecule has 0 bridgehead atoms. The molecule has 3 saturated carbocycles. The van der Waals surface area contributed by atoms with Crippen LogP contribution in [-0.2, 0) is 23.1 Å². The van der Waals surface area contributed by atoms with Gasteiger partial charge in [-0.05, 0) is 135 Å². The van der Waals surface area contributed by atoms with E-state index in [1.54, 1.807) is 25.5 Å². The average molecular weight is 771 g/mol. The van der Waals surface area contributed by atoms with Crippen LogP contribution in [0.25, 0.3) is 0 Å². The Morgan fingerprint density at radius 2 is 1.57 bits per heavy atom. The number of rotatable bonds is 14. The number of carbonyl (C=O) groups is 2. The third-order valence-electron chi connectivity index (χ3n) is 13.9. The van der Waals surface area contributed by atoms with Crippen molar-refractivity contribution in [3.63, 3.8) is 0 Å². The molecule has 6 nitrogen and oxygen atoms in total. The molecule has 0 spiro atoms. The smallest absolute Gasteiger partial charge is 0.434 e. The van der Waals surface area contributed by atoms with E-state index in [1.807, 2.05) is 0 Å². The van der Waals surface area contributed by atoms with Gasteiger partial charge >= 0.3 is 6.16 Å². The monoisotopic (exact) mass is 771 g/mol. The van der Waals surface area contributed by atoms with E-state index in [0.717, 1.165) is 56.9 Å². The summed E-state index contributed by atoms with van der Waals surface area (Å²) in [6.45, 7) is 38.4. The fourth-order valence-electron chi connectivity index (χ4n) is 8.28. The van der Waals surface area contributed by atoms with Crippen molar-refractivity contribution in [3.8, 4) is 0 Å². The van der Waals surface area contributed by atoms with E-state index in [4.69, 9.17) is 18.3 Å². The summed E-state index contributed by atoms with van der Waals surface area (Å²) in [5, 5.41) is 0.253. The standard InChI is InChI=1S/C45H78O6Si2/c1-17-18-19-29-48-41(47)49-44(10,11)40(46)27-22-32(2)37-25-26-38-34(21-20-28-45(37,38)12)23-24-35-30-36(50-52(13,14)42(4,5)6)31-39(33(35)3)51-53(15,16)43(7,8)9/h22-24,27,32,36-39H,3,17-21,25-26,28-31H2,1-2,4-16H3/b27-22+,34-23+,35-24-/t32-,36-,37-,38+,39+,45-/m1/s1. The molecule has 0 N–H and O–H groups in total. The van der Waals surface area contributed by atoms with Gasteiger partial charge in [-0.25, -0.2) is 4.79 Å². The van der Waals surface area contributed by atoms with E-state index < -0.39 is 28.4 Å². The van der Waals surface area contributed by atoms with Crippen molar-refractivity contribution in [2.24, 2.45) is 23.2 Å². The van der Waals surface area contributed by atoms with Crippen molar-refractivity contribution < 1.29 is 27.9 Å². The Morgan fingerprint density at radius 1 is 0.943 bits per heavy atom. The lowest BCUT2D eigenvalue weighted by Crippen LogP contribution is -2.49. The highest BCUT2D eigenvalue weighted by molar-refractivity contribution is 6.74. The van der Waals surface area contributed by atoms with Crippen LogP contribution in [0.3, 0.4) is 0 Å². The molecule has 0 radical (unpaired) electrons. The number of ether oxygens (including phenoxy) is 2. The van der Waals surface area contributed by atoms with Gasteiger partial charge in [-0.3, -0.25) is 4.79 Å². The van der Waals surface area contributed by atoms with Crippen LogP contribution in [-0.4, -0.2) is 53.0 Å². The van der Waals surface area contributed by atoms with E-state index in [9.17, 15) is 9.59 Å². The van der Waals surface area contributed by atoms with Crippen molar-refractivity contribution in [3.05, 3.63) is 47.6 Å². The van der Waals surface area contributed by atoms with E-state index >= 15 is 0 Å². The first-order valence-electron chi connectivity index (χ1n) is 20.8. The van der Waals surface area contributed by atoms with E-state index in [2.05, 4.69) is 113 Å². The van der Waals surface area contributed by atoms with Crippen LogP contribution in [0.4, 0.5) is 4.79 Å². The van der Waals surface area contributed by atoms with Crippen LogP contribution in [0, 0.1) is 23.2 Å². The lowest BCUT2D eigenvalue weighted by molar-refractivity contribution is -0.131. The number of fused-ring (bicyclic) bond motifs is 1. The van der Waals surface area contributed by atoms with Gasteiger partial charge in [0.05, 0.1) is 18.8 Å². The molecule has 8 heteroatoms. The fourth-order valence-corrected chi connectivity index (χ4v) is 10.9. The first-order valence-corrected chi connectivity index (χ1v) is 26.6. The van der Waals surface area contributed by atoms with Gasteiger partial charge < -0.3 is 18.3 Å². The van der Waals surface area contributed by atoms with Gasteiger partial charge in [0.2, 0.25) is 0 Å². The highest BCUT2D eigenvalue weighted by Crippen LogP contribution is 2.59. The molecule has 0 aliphatic heterocycles. The number of ketones is 1. The minimum Gasteiger partial charge on any atom is -0.434 e. The normalized spacial score (nSPS) is 28.4. The number of hydrogen-bond acceptors (Lipinski definition) is 6. The van der Waals surface area contributed by atoms with E-state index in [0.29, 0.717) is 18.4 Å². The summed E-state index contributed by atoms with van der Waals surface area (Å²) < 4.78 is 24.8. The largest absolute Gasteiger partial charge is 0.509 e. The molecule has 302 valence electrons. The van der Waals surface area contributed by atoms with Gasteiger partial charge in [0.1, 0.15) is 0 Å². The predicted molar refractivity (Wildman–Crippen MR) is 226 cm³/mol. The predicted octanol–water partition coefficient (Wildman–Crippen LogP) is 13.1. The molecule has 3 rings (SSSR count). The molecule has 0 unspecified atom stereocenters. The molecule has 6 atom stereocenters. The van der Waals surface area contributed by atoms with Gasteiger partial charge in [-0.2, -0.15) is 0 Å². The maximum atomic E-state index is 13.2. The Morgan fingerprint density at radius 3 is 2.17 bits per heavy atom. The van der Waals surface area contributed by atoms with Crippen LogP contribution < -0.4 is 0 Å². The third kappa shape index (κ3) is 11.4. The van der Waals surface area contributed by atoms with Crippen LogP contribution in [0.15, 0.2) is 47.6 Å². The second-order valence-corrected chi connectivity index (χ2v) is 29.9. The minimum atomic E-state index is -2.03. The van der Waals surface area contributed by atoms with Crippen molar-refractivity contribution in [1.29, 1.82) is 0 Å². The summed E-state index contributed by atoms with van der Waals surface area (Å²) >= 11 is 0. The number of allylic oxidation sites excluding steroid dienone is 4. The summed E-state index contributed by atoms with van der Waals surface area (Å²) in [6, 6.07) is 0. The molecule has 3 aliphatic carbocycles. The molecule has 3 aliphatic rings. The number of hydrogen-bond donors (Lipinski definition) is 0. The Kier molecular flexibility index (Phi) is 15.1. The Bertz CT molecular complexity index is 1390. The molecule has 0 aromatic rings. The van der Waals surface area contributed by atoms with Crippen molar-refractivity contribution in [2.45, 2.75) is 194 Å². The summed E-state index contributed by atoms with van der Waals surface area (Å²) in [5.41, 5.74) is 2.85. The molecule has 0 aromatic carbocycles. The quantitative estimate of drug-likeness (QED) is 0.0758. The lowest BCUT2D eigenvalue weighted by Gasteiger charge is -2.45. The average Bonchev–Trinajstić information content (AvgIpc) is 3.38. The van der Waals surface area contributed by atoms with Crippen LogP contribution in [0.2, 0.25) is 36.3 Å². The van der Waals surface area contributed by atoms with Crippen molar-refractivity contribution in [2.75, 3.05) is 6.61 Å². The molecular formula is C45H78O6Si2. The number of carbonyl (C=O) groups excluding carboxylic acids is 2. The zero-order valence-corrected chi connectivity index (χ0v) is 38.6. The SMILES string of the molecule is C=C1/C(=C\C=C2/CCC[C@]3(C)[C@@H]([C@H](C)/C=C/C(=O)C(C)(C)OC(=O)OCCCCC)CC[C@@H]23)C[C@@H](O[Si](C)(C)C(C)(C)C)C[C@@H]1O[Si](C)(C)C(C)(C)C. The van der Waals surface area contributed by atoms with Crippen LogP contribution in [0.1, 0.15) is 140 Å². The first-order chi connectivity index (χ1) is 24.3. The highest BCUT2D eigenvalue weighted by Gasteiger charge is 2.50. The van der Waals surface area contributed by atoms with E-state index in [-0.39, 0.29) is 39.4 Å². The molecule has 0 amide bonds. The molecule has 0 saturated heterocycles. The third-order valence-corrected chi connectivity index (χ3v) is 22.9. The number of unbranched alkanes of at least 4 members (excludes halogenated alkanes) is 2. The second-order valence-electron chi connectivity index (χ2n) is 20.4. The minimum absolute atomic E-state index is 0.0290. The maximum absolute atomic E-state index is 13.2. The molecular weight excluding hydrogens is 693 g/mol. The van der Waals surface area contributed by atoms with Gasteiger partial charge in [0.25, 0.3) is 0 Å². The Balaban J connectivity index is 1.80. The zero-order valence-electron chi connectivity index (χ0n) is 36.6. The molecule has 3 fully saturated rings. The first kappa shape index (κ1) is 45.6. The second kappa shape index (κ2) is 17.6. The van der Waals surface area contributed by atoms with Gasteiger partial charge in [-0.1, -0.05) is 106 Å². The Hall–Kier alpha value is -1.75. The molecule has 0 heterocycles. The summed E-state index contributed by atoms with van der Waals surface area (Å²) in [7, 11) is -4.01.